The number of carbonyl (C=O) groups excluding carboxylic acids is 2. The summed E-state index contributed by atoms with van der Waals surface area (Å²) in [6.45, 7) is 12.0. The van der Waals surface area contributed by atoms with Gasteiger partial charge in [-0.25, -0.2) is 9.59 Å². The predicted molar refractivity (Wildman–Crippen MR) is 132 cm³/mol. The number of hydrazine groups is 1. The van der Waals surface area contributed by atoms with Gasteiger partial charge in [0.15, 0.2) is 0 Å². The summed E-state index contributed by atoms with van der Waals surface area (Å²) in [5.41, 5.74) is -0.765. The number of rotatable bonds is 17. The molecule has 1 aliphatic heterocycles. The summed E-state index contributed by atoms with van der Waals surface area (Å²) in [5.74, 6) is 0. The number of nitrogens with zero attached hydrogens (tertiary/aromatic N) is 3. The molecule has 1 fully saturated rings. The number of likely N-dealkylation sites (N-methyl/N-ethyl adjacent to an activating group) is 1. The van der Waals surface area contributed by atoms with Gasteiger partial charge in [-0.1, -0.05) is 6.58 Å². The molecule has 0 aliphatic carbocycles. The molecule has 14 nitrogen and oxygen atoms in total. The van der Waals surface area contributed by atoms with Crippen molar-refractivity contribution in [3.63, 3.8) is 0 Å². The second kappa shape index (κ2) is 16.1. The van der Waals surface area contributed by atoms with Crippen molar-refractivity contribution in [3.8, 4) is 0 Å². The number of aliphatic hydroxyl groups excluding tert-OH is 1. The zero-order valence-electron chi connectivity index (χ0n) is 22.6. The van der Waals surface area contributed by atoms with Crippen molar-refractivity contribution in [2.75, 3.05) is 59.8 Å². The normalized spacial score (nSPS) is 17.9. The van der Waals surface area contributed by atoms with E-state index in [2.05, 4.69) is 6.58 Å². The fourth-order valence-corrected chi connectivity index (χ4v) is 4.69. The van der Waals surface area contributed by atoms with Crippen molar-refractivity contribution >= 4 is 19.9 Å². The van der Waals surface area contributed by atoms with Gasteiger partial charge in [0, 0.05) is 32.3 Å². The summed E-state index contributed by atoms with van der Waals surface area (Å²) in [7, 11) is -2.27. The lowest BCUT2D eigenvalue weighted by Crippen LogP contribution is -2.65. The molecule has 0 saturated carbocycles. The molecule has 1 N–H and O–H groups in total. The Morgan fingerprint density at radius 2 is 1.65 bits per heavy atom. The lowest BCUT2D eigenvalue weighted by Gasteiger charge is -2.49. The smallest absolute Gasteiger partial charge is 0.432 e. The number of ether oxygens (including phenoxy) is 5. The molecule has 0 amide bonds. The maximum atomic E-state index is 13.6. The maximum absolute atomic E-state index is 13.6. The van der Waals surface area contributed by atoms with Crippen LogP contribution in [-0.4, -0.2) is 110 Å². The minimum atomic E-state index is -4.01. The number of hydrogen-bond acceptors (Lipinski definition) is 14. The standard InChI is InChI=1S/C22H42N3O11P/c1-8-24(9-2)25(22(23(7)15-26)10-12-30-14-22)11-13-37(29,33-16-31-20(27)35-18(3)4)34-17-32-21(28)36-19(5)6/h8,18-19,26H,1,9-17H2,2-7H3/t22-/m1/s1. The predicted octanol–water partition coefficient (Wildman–Crippen LogP) is 2.93. The van der Waals surface area contributed by atoms with Crippen molar-refractivity contribution in [2.45, 2.75) is 58.9 Å². The fourth-order valence-electron chi connectivity index (χ4n) is 3.50. The molecule has 0 aromatic rings. The molecule has 37 heavy (non-hydrogen) atoms. The van der Waals surface area contributed by atoms with E-state index in [1.807, 2.05) is 11.9 Å². The molecule has 0 unspecified atom stereocenters. The van der Waals surface area contributed by atoms with Gasteiger partial charge in [0.05, 0.1) is 31.7 Å². The summed E-state index contributed by atoms with van der Waals surface area (Å²) in [6.07, 6.45) is -0.897. The average Bonchev–Trinajstić information content (AvgIpc) is 3.31. The summed E-state index contributed by atoms with van der Waals surface area (Å²) in [5, 5.41) is 13.6. The molecule has 216 valence electrons. The zero-order chi connectivity index (χ0) is 28.1. The first-order valence-corrected chi connectivity index (χ1v) is 13.8. The molecule has 0 spiro atoms. The quantitative estimate of drug-likeness (QED) is 0.121. The highest BCUT2D eigenvalue weighted by Gasteiger charge is 2.46. The molecule has 1 atom stereocenters. The Morgan fingerprint density at radius 3 is 2.03 bits per heavy atom. The average molecular weight is 556 g/mol. The van der Waals surface area contributed by atoms with Crippen LogP contribution in [0.15, 0.2) is 12.8 Å². The fraction of sp³-hybridized carbons (Fsp3) is 0.818. The van der Waals surface area contributed by atoms with Gasteiger partial charge in [-0.2, -0.15) is 5.01 Å². The largest absolute Gasteiger partial charge is 0.510 e. The first-order valence-electron chi connectivity index (χ1n) is 12.0. The third-order valence-corrected chi connectivity index (χ3v) is 7.08. The Hall–Kier alpha value is -1.93. The third kappa shape index (κ3) is 10.8. The highest BCUT2D eigenvalue weighted by atomic mass is 31.2. The Bertz CT molecular complexity index is 730. The van der Waals surface area contributed by atoms with Gasteiger partial charge in [0.1, 0.15) is 5.66 Å². The van der Waals surface area contributed by atoms with Crippen LogP contribution in [0.5, 0.6) is 0 Å². The van der Waals surface area contributed by atoms with Crippen molar-refractivity contribution in [1.29, 1.82) is 0 Å². The Kier molecular flexibility index (Phi) is 14.4. The molecule has 0 radical (unpaired) electrons. The van der Waals surface area contributed by atoms with E-state index in [-0.39, 0.29) is 26.0 Å². The first-order chi connectivity index (χ1) is 17.4. The van der Waals surface area contributed by atoms with Gasteiger partial charge in [-0.15, -0.1) is 0 Å². The second-order valence-electron chi connectivity index (χ2n) is 8.64. The monoisotopic (exact) mass is 555 g/mol. The van der Waals surface area contributed by atoms with Gasteiger partial charge in [0.2, 0.25) is 13.6 Å². The summed E-state index contributed by atoms with van der Waals surface area (Å²) < 4.78 is 49.3. The topological polar surface area (TPSA) is 146 Å². The minimum absolute atomic E-state index is 0.0950. The molecule has 1 saturated heterocycles. The minimum Gasteiger partial charge on any atom is -0.432 e. The summed E-state index contributed by atoms with van der Waals surface area (Å²) in [6, 6.07) is 0. The van der Waals surface area contributed by atoms with Crippen LogP contribution in [0.2, 0.25) is 0 Å². The van der Waals surface area contributed by atoms with Gasteiger partial charge >= 0.3 is 19.9 Å². The van der Waals surface area contributed by atoms with E-state index in [4.69, 9.17) is 32.7 Å². The van der Waals surface area contributed by atoms with Crippen LogP contribution in [0, 0.1) is 0 Å². The third-order valence-electron chi connectivity index (χ3n) is 5.33. The number of hydrogen-bond donors (Lipinski definition) is 1. The number of carbonyl (C=O) groups is 2. The van der Waals surface area contributed by atoms with Crippen LogP contribution in [0.25, 0.3) is 0 Å². The van der Waals surface area contributed by atoms with E-state index in [1.54, 1.807) is 50.9 Å². The van der Waals surface area contributed by atoms with Crippen molar-refractivity contribution in [2.24, 2.45) is 0 Å². The van der Waals surface area contributed by atoms with E-state index in [0.29, 0.717) is 19.6 Å². The summed E-state index contributed by atoms with van der Waals surface area (Å²) in [4.78, 5) is 25.1. The van der Waals surface area contributed by atoms with Crippen LogP contribution < -0.4 is 0 Å². The maximum Gasteiger partial charge on any atom is 0.510 e. The number of aliphatic hydroxyl groups is 1. The van der Waals surface area contributed by atoms with Gasteiger partial charge < -0.3 is 33.8 Å². The lowest BCUT2D eigenvalue weighted by atomic mass is 10.1. The van der Waals surface area contributed by atoms with Gasteiger partial charge in [0.25, 0.3) is 0 Å². The van der Waals surface area contributed by atoms with Crippen molar-refractivity contribution in [1.82, 2.24) is 14.9 Å². The van der Waals surface area contributed by atoms with Crippen molar-refractivity contribution < 1.29 is 52.0 Å². The molecule has 1 rings (SSSR count). The van der Waals surface area contributed by atoms with Crippen LogP contribution >= 0.6 is 7.60 Å². The Labute approximate surface area is 218 Å². The molecular weight excluding hydrogens is 513 g/mol. The highest BCUT2D eigenvalue weighted by molar-refractivity contribution is 7.53. The van der Waals surface area contributed by atoms with Crippen LogP contribution in [-0.2, 0) is 37.3 Å². The van der Waals surface area contributed by atoms with E-state index >= 15 is 0 Å². The van der Waals surface area contributed by atoms with Crippen LogP contribution in [0.1, 0.15) is 41.0 Å². The van der Waals surface area contributed by atoms with Gasteiger partial charge in [-0.3, -0.25) is 18.5 Å². The van der Waals surface area contributed by atoms with Gasteiger partial charge in [-0.05, 0) is 41.7 Å². The highest BCUT2D eigenvalue weighted by Crippen LogP contribution is 2.48. The lowest BCUT2D eigenvalue weighted by molar-refractivity contribution is -0.163. The molecule has 1 heterocycles. The van der Waals surface area contributed by atoms with E-state index in [0.717, 1.165) is 0 Å². The Balaban J connectivity index is 3.05. The zero-order valence-corrected chi connectivity index (χ0v) is 23.5. The van der Waals surface area contributed by atoms with Crippen molar-refractivity contribution in [3.05, 3.63) is 12.8 Å². The molecule has 0 aromatic heterocycles. The SMILES string of the molecule is C=CN(CC)N(CCP(=O)(OCOC(=O)OC(C)C)OCOC(=O)OC(C)C)[C@]1(N(C)CO)CCOC1. The Morgan fingerprint density at radius 1 is 1.11 bits per heavy atom. The summed E-state index contributed by atoms with van der Waals surface area (Å²) >= 11 is 0. The molecule has 15 heteroatoms. The second-order valence-corrected chi connectivity index (χ2v) is 10.8. The molecular formula is C22H42N3O11P. The van der Waals surface area contributed by atoms with Crippen LogP contribution in [0.4, 0.5) is 9.59 Å². The molecule has 1 aliphatic rings. The first kappa shape index (κ1) is 33.1. The van der Waals surface area contributed by atoms with E-state index in [1.165, 1.54) is 0 Å². The molecule has 0 bridgehead atoms. The van der Waals surface area contributed by atoms with E-state index < -0.39 is 51.4 Å². The molecule has 0 aromatic carbocycles. The van der Waals surface area contributed by atoms with E-state index in [9.17, 15) is 19.3 Å². The van der Waals surface area contributed by atoms with Crippen LogP contribution in [0.3, 0.4) is 0 Å².